The average Bonchev–Trinajstić information content (AvgIpc) is 2.78. The van der Waals surface area contributed by atoms with Crippen LogP contribution in [0, 0.1) is 5.82 Å². The SMILES string of the molecule is COC(=O)C[C@H](C)N(Cc1ccc(F)cc1)c1ccc(NC(=O)OC(C)(C)C)c2ccccc12. The van der Waals surface area contributed by atoms with Gasteiger partial charge in [-0.3, -0.25) is 10.1 Å². The van der Waals surface area contributed by atoms with Crippen molar-refractivity contribution in [1.82, 2.24) is 0 Å². The molecule has 0 aliphatic carbocycles. The third-order valence-electron chi connectivity index (χ3n) is 5.33. The summed E-state index contributed by atoms with van der Waals surface area (Å²) in [4.78, 5) is 26.5. The van der Waals surface area contributed by atoms with E-state index in [9.17, 15) is 14.0 Å². The van der Waals surface area contributed by atoms with E-state index in [2.05, 4.69) is 10.2 Å². The van der Waals surface area contributed by atoms with E-state index in [0.29, 0.717) is 12.2 Å². The predicted octanol–water partition coefficient (Wildman–Crippen LogP) is 6.28. The van der Waals surface area contributed by atoms with E-state index in [1.165, 1.54) is 19.2 Å². The second-order valence-corrected chi connectivity index (χ2v) is 9.19. The first-order valence-corrected chi connectivity index (χ1v) is 11.2. The van der Waals surface area contributed by atoms with Crippen molar-refractivity contribution in [2.75, 3.05) is 17.3 Å². The van der Waals surface area contributed by atoms with E-state index in [0.717, 1.165) is 22.0 Å². The van der Waals surface area contributed by atoms with Gasteiger partial charge in [0.25, 0.3) is 0 Å². The molecule has 0 unspecified atom stereocenters. The van der Waals surface area contributed by atoms with Crippen LogP contribution in [0.2, 0.25) is 0 Å². The summed E-state index contributed by atoms with van der Waals surface area (Å²) in [6.45, 7) is 7.83. The highest BCUT2D eigenvalue weighted by Crippen LogP contribution is 2.35. The summed E-state index contributed by atoms with van der Waals surface area (Å²) in [5.41, 5.74) is 1.79. The predicted molar refractivity (Wildman–Crippen MR) is 132 cm³/mol. The summed E-state index contributed by atoms with van der Waals surface area (Å²) in [6.07, 6.45) is -0.350. The molecule has 0 bridgehead atoms. The lowest BCUT2D eigenvalue weighted by atomic mass is 10.0. The smallest absolute Gasteiger partial charge is 0.412 e. The Balaban J connectivity index is 2.02. The fourth-order valence-corrected chi connectivity index (χ4v) is 3.76. The number of nitrogens with zero attached hydrogens (tertiary/aromatic N) is 1. The zero-order chi connectivity index (χ0) is 24.9. The van der Waals surface area contributed by atoms with E-state index in [1.807, 2.05) is 64.1 Å². The molecule has 0 aliphatic rings. The Labute approximate surface area is 199 Å². The van der Waals surface area contributed by atoms with E-state index in [-0.39, 0.29) is 24.2 Å². The number of ether oxygens (including phenoxy) is 2. The van der Waals surface area contributed by atoms with Gasteiger partial charge in [0.05, 0.1) is 19.2 Å². The first-order valence-electron chi connectivity index (χ1n) is 11.2. The minimum atomic E-state index is -0.616. The van der Waals surface area contributed by atoms with Crippen LogP contribution >= 0.6 is 0 Å². The van der Waals surface area contributed by atoms with Gasteiger partial charge in [-0.25, -0.2) is 9.18 Å². The normalized spacial score (nSPS) is 12.2. The summed E-state index contributed by atoms with van der Waals surface area (Å²) in [5.74, 6) is -0.620. The summed E-state index contributed by atoms with van der Waals surface area (Å²) in [6, 6.07) is 17.5. The van der Waals surface area contributed by atoms with Crippen LogP contribution in [-0.4, -0.2) is 30.8 Å². The van der Waals surface area contributed by atoms with E-state index >= 15 is 0 Å². The number of methoxy groups -OCH3 is 1. The highest BCUT2D eigenvalue weighted by Gasteiger charge is 2.22. The van der Waals surface area contributed by atoms with E-state index in [4.69, 9.17) is 9.47 Å². The van der Waals surface area contributed by atoms with Gasteiger partial charge < -0.3 is 14.4 Å². The second kappa shape index (κ2) is 10.5. The Morgan fingerprint density at radius 2 is 1.65 bits per heavy atom. The van der Waals surface area contributed by atoms with Gasteiger partial charge in [-0.2, -0.15) is 0 Å². The van der Waals surface area contributed by atoms with Crippen LogP contribution in [0.15, 0.2) is 60.7 Å². The van der Waals surface area contributed by atoms with Crippen molar-refractivity contribution < 1.29 is 23.5 Å². The highest BCUT2D eigenvalue weighted by molar-refractivity contribution is 6.05. The molecule has 0 aromatic heterocycles. The van der Waals surface area contributed by atoms with Gasteiger partial charge in [0.1, 0.15) is 11.4 Å². The number of hydrogen-bond acceptors (Lipinski definition) is 5. The fraction of sp³-hybridized carbons (Fsp3) is 0.333. The molecule has 180 valence electrons. The molecule has 0 spiro atoms. The number of anilines is 2. The van der Waals surface area contributed by atoms with Gasteiger partial charge in [0, 0.05) is 29.0 Å². The number of carbonyl (C=O) groups is 2. The zero-order valence-corrected chi connectivity index (χ0v) is 20.2. The lowest BCUT2D eigenvalue weighted by Crippen LogP contribution is -2.35. The molecule has 0 heterocycles. The third kappa shape index (κ3) is 6.47. The second-order valence-electron chi connectivity index (χ2n) is 9.19. The number of benzene rings is 3. The molecule has 0 saturated carbocycles. The molecule has 1 amide bonds. The largest absolute Gasteiger partial charge is 0.469 e. The van der Waals surface area contributed by atoms with E-state index < -0.39 is 11.7 Å². The molecule has 3 rings (SSSR count). The van der Waals surface area contributed by atoms with Crippen LogP contribution in [-0.2, 0) is 20.8 Å². The van der Waals surface area contributed by atoms with Crippen molar-refractivity contribution in [2.24, 2.45) is 0 Å². The molecule has 7 heteroatoms. The molecule has 0 saturated heterocycles. The van der Waals surface area contributed by atoms with Gasteiger partial charge in [-0.15, -0.1) is 0 Å². The first-order chi connectivity index (χ1) is 16.1. The third-order valence-corrected chi connectivity index (χ3v) is 5.33. The number of esters is 1. The minimum Gasteiger partial charge on any atom is -0.469 e. The monoisotopic (exact) mass is 466 g/mol. The van der Waals surface area contributed by atoms with Crippen LogP contribution in [0.1, 0.15) is 39.7 Å². The molecule has 34 heavy (non-hydrogen) atoms. The van der Waals surface area contributed by atoms with Gasteiger partial charge in [-0.05, 0) is 57.5 Å². The van der Waals surface area contributed by atoms with Crippen LogP contribution in [0.5, 0.6) is 0 Å². The maximum absolute atomic E-state index is 13.5. The lowest BCUT2D eigenvalue weighted by Gasteiger charge is -2.32. The Hall–Kier alpha value is -3.61. The molecule has 6 nitrogen and oxygen atoms in total. The zero-order valence-electron chi connectivity index (χ0n) is 20.2. The van der Waals surface area contributed by atoms with E-state index in [1.54, 1.807) is 12.1 Å². The number of fused-ring (bicyclic) bond motifs is 1. The molecule has 1 N–H and O–H groups in total. The quantitative estimate of drug-likeness (QED) is 0.415. The number of halogens is 1. The number of amides is 1. The topological polar surface area (TPSA) is 67.9 Å². The summed E-state index contributed by atoms with van der Waals surface area (Å²) >= 11 is 0. The van der Waals surface area contributed by atoms with Crippen molar-refractivity contribution in [3.63, 3.8) is 0 Å². The maximum atomic E-state index is 13.5. The fourth-order valence-electron chi connectivity index (χ4n) is 3.76. The summed E-state index contributed by atoms with van der Waals surface area (Å²) < 4.78 is 23.8. The molecular formula is C27H31FN2O4. The number of carbonyl (C=O) groups excluding carboxylic acids is 2. The van der Waals surface area contributed by atoms with Crippen molar-refractivity contribution in [3.05, 3.63) is 72.0 Å². The van der Waals surface area contributed by atoms with Gasteiger partial charge in [-0.1, -0.05) is 36.4 Å². The lowest BCUT2D eigenvalue weighted by molar-refractivity contribution is -0.140. The Kier molecular flexibility index (Phi) is 7.76. The number of nitrogens with one attached hydrogen (secondary N) is 1. The van der Waals surface area contributed by atoms with Crippen LogP contribution in [0.25, 0.3) is 10.8 Å². The van der Waals surface area contributed by atoms with Crippen molar-refractivity contribution >= 4 is 34.2 Å². The van der Waals surface area contributed by atoms with Gasteiger partial charge in [0.15, 0.2) is 0 Å². The van der Waals surface area contributed by atoms with Crippen molar-refractivity contribution in [1.29, 1.82) is 0 Å². The Bertz CT molecular complexity index is 1160. The Morgan fingerprint density at radius 1 is 1.00 bits per heavy atom. The van der Waals surface area contributed by atoms with Gasteiger partial charge in [0.2, 0.25) is 0 Å². The Morgan fingerprint density at radius 3 is 2.26 bits per heavy atom. The van der Waals surface area contributed by atoms with Crippen LogP contribution in [0.3, 0.4) is 0 Å². The molecule has 0 aliphatic heterocycles. The molecule has 3 aromatic rings. The maximum Gasteiger partial charge on any atom is 0.412 e. The standard InChI is InChI=1S/C27H31FN2O4/c1-18(16-25(31)33-5)30(17-19-10-12-20(28)13-11-19)24-15-14-23(21-8-6-7-9-22(21)24)29-26(32)34-27(2,3)4/h6-15,18H,16-17H2,1-5H3,(H,29,32)/t18-/m0/s1. The highest BCUT2D eigenvalue weighted by atomic mass is 19.1. The first kappa shape index (κ1) is 25.0. The van der Waals surface area contributed by atoms with Crippen molar-refractivity contribution in [2.45, 2.75) is 52.3 Å². The van der Waals surface area contributed by atoms with Crippen LogP contribution < -0.4 is 10.2 Å². The average molecular weight is 467 g/mol. The molecule has 1 atom stereocenters. The molecule has 0 fully saturated rings. The minimum absolute atomic E-state index is 0.184. The molecule has 3 aromatic carbocycles. The number of rotatable bonds is 7. The number of hydrogen-bond donors (Lipinski definition) is 1. The van der Waals surface area contributed by atoms with Crippen LogP contribution in [0.4, 0.5) is 20.6 Å². The summed E-state index contributed by atoms with van der Waals surface area (Å²) in [7, 11) is 1.37. The van der Waals surface area contributed by atoms with Crippen molar-refractivity contribution in [3.8, 4) is 0 Å². The van der Waals surface area contributed by atoms with Gasteiger partial charge >= 0.3 is 12.1 Å². The molecular weight excluding hydrogens is 435 g/mol. The molecule has 0 radical (unpaired) electrons. The summed E-state index contributed by atoms with van der Waals surface area (Å²) in [5, 5.41) is 4.57.